The summed E-state index contributed by atoms with van der Waals surface area (Å²) < 4.78 is 25.9. The molecule has 0 saturated carbocycles. The van der Waals surface area contributed by atoms with Crippen LogP contribution >= 0.6 is 0 Å². The minimum Gasteiger partial charge on any atom is -0.393 e. The summed E-state index contributed by atoms with van der Waals surface area (Å²) in [6.45, 7) is 4.32. The van der Waals surface area contributed by atoms with Gasteiger partial charge in [0, 0.05) is 19.7 Å². The van der Waals surface area contributed by atoms with Gasteiger partial charge in [0.05, 0.1) is 9.82 Å². The molecule has 0 aliphatic carbocycles. The van der Waals surface area contributed by atoms with Gasteiger partial charge in [-0.3, -0.25) is 10.1 Å². The quantitative estimate of drug-likeness (QED) is 0.490. The summed E-state index contributed by atoms with van der Waals surface area (Å²) in [4.78, 5) is 9.99. The van der Waals surface area contributed by atoms with Crippen LogP contribution in [0.1, 0.15) is 20.3 Å². The summed E-state index contributed by atoms with van der Waals surface area (Å²) in [7, 11) is -2.19. The van der Waals surface area contributed by atoms with Gasteiger partial charge in [0.2, 0.25) is 10.0 Å². The maximum absolute atomic E-state index is 12.3. The zero-order valence-electron chi connectivity index (χ0n) is 11.7. The molecule has 0 aromatic heterocycles. The number of anilines is 1. The fraction of sp³-hybridized carbons (Fsp3) is 0.500. The average Bonchev–Trinajstić information content (AvgIpc) is 2.37. The van der Waals surface area contributed by atoms with Gasteiger partial charge in [-0.15, -0.1) is 0 Å². The van der Waals surface area contributed by atoms with E-state index in [-0.39, 0.29) is 22.2 Å². The van der Waals surface area contributed by atoms with Crippen molar-refractivity contribution in [1.29, 1.82) is 0 Å². The molecule has 1 aromatic rings. The van der Waals surface area contributed by atoms with Gasteiger partial charge in [0.25, 0.3) is 5.69 Å². The van der Waals surface area contributed by atoms with Crippen LogP contribution in [0.2, 0.25) is 0 Å². The molecule has 0 fully saturated rings. The standard InChI is InChI=1S/C12H19N3O4S/c1-4-9(2)8-14(3)20(18,19)10-5-6-12(15(16)17)11(13)7-10/h5-7,9H,4,8,13H2,1-3H3. The molecule has 0 heterocycles. The van der Waals surface area contributed by atoms with E-state index in [1.807, 2.05) is 13.8 Å². The van der Waals surface area contributed by atoms with E-state index in [1.54, 1.807) is 0 Å². The number of nitrogen functional groups attached to an aromatic ring is 1. The number of nitro groups is 1. The lowest BCUT2D eigenvalue weighted by molar-refractivity contribution is -0.383. The second-order valence-electron chi connectivity index (χ2n) is 4.78. The Balaban J connectivity index is 3.10. The Hall–Kier alpha value is -1.67. The fourth-order valence-electron chi connectivity index (χ4n) is 1.71. The molecular weight excluding hydrogens is 282 g/mol. The highest BCUT2D eigenvalue weighted by atomic mass is 32.2. The number of nitro benzene ring substituents is 1. The highest BCUT2D eigenvalue weighted by molar-refractivity contribution is 7.89. The van der Waals surface area contributed by atoms with Crippen molar-refractivity contribution in [2.45, 2.75) is 25.2 Å². The van der Waals surface area contributed by atoms with Gasteiger partial charge < -0.3 is 5.73 Å². The molecule has 112 valence electrons. The number of rotatable bonds is 6. The van der Waals surface area contributed by atoms with Crippen LogP contribution in [0.5, 0.6) is 0 Å². The maximum atomic E-state index is 12.3. The van der Waals surface area contributed by atoms with Gasteiger partial charge in [-0.05, 0) is 18.1 Å². The van der Waals surface area contributed by atoms with Gasteiger partial charge in [0.1, 0.15) is 5.69 Å². The molecule has 20 heavy (non-hydrogen) atoms. The molecule has 7 nitrogen and oxygen atoms in total. The maximum Gasteiger partial charge on any atom is 0.292 e. The van der Waals surface area contributed by atoms with E-state index in [1.165, 1.54) is 17.4 Å². The Morgan fingerprint density at radius 1 is 1.45 bits per heavy atom. The van der Waals surface area contributed by atoms with Gasteiger partial charge in [-0.2, -0.15) is 0 Å². The molecule has 0 bridgehead atoms. The van der Waals surface area contributed by atoms with E-state index >= 15 is 0 Å². The van der Waals surface area contributed by atoms with Crippen LogP contribution in [0.15, 0.2) is 23.1 Å². The Labute approximate surface area is 118 Å². The summed E-state index contributed by atoms with van der Waals surface area (Å²) >= 11 is 0. The van der Waals surface area contributed by atoms with Crippen molar-refractivity contribution in [3.63, 3.8) is 0 Å². The van der Waals surface area contributed by atoms with E-state index in [4.69, 9.17) is 5.73 Å². The lowest BCUT2D eigenvalue weighted by Crippen LogP contribution is -2.31. The molecule has 1 atom stereocenters. The number of sulfonamides is 1. The number of nitrogens with zero attached hydrogens (tertiary/aromatic N) is 2. The molecule has 0 aliphatic rings. The van der Waals surface area contributed by atoms with Crippen molar-refractivity contribution in [2.24, 2.45) is 5.92 Å². The van der Waals surface area contributed by atoms with Crippen LogP contribution in [0.25, 0.3) is 0 Å². The van der Waals surface area contributed by atoms with Crippen LogP contribution in [-0.4, -0.2) is 31.2 Å². The van der Waals surface area contributed by atoms with Gasteiger partial charge >= 0.3 is 0 Å². The second kappa shape index (κ2) is 6.19. The highest BCUT2D eigenvalue weighted by Crippen LogP contribution is 2.26. The summed E-state index contributed by atoms with van der Waals surface area (Å²) in [5.41, 5.74) is 5.07. The van der Waals surface area contributed by atoms with E-state index in [0.29, 0.717) is 6.54 Å². The third kappa shape index (κ3) is 3.45. The predicted molar refractivity (Wildman–Crippen MR) is 76.8 cm³/mol. The number of hydrogen-bond donors (Lipinski definition) is 1. The number of hydrogen-bond acceptors (Lipinski definition) is 5. The summed E-state index contributed by atoms with van der Waals surface area (Å²) in [5.74, 6) is 0.227. The van der Waals surface area contributed by atoms with Crippen LogP contribution in [0.3, 0.4) is 0 Å². The third-order valence-corrected chi connectivity index (χ3v) is 4.99. The molecule has 0 saturated heterocycles. The zero-order chi connectivity index (χ0) is 15.5. The van der Waals surface area contributed by atoms with E-state index in [9.17, 15) is 18.5 Å². The van der Waals surface area contributed by atoms with Gasteiger partial charge in [-0.1, -0.05) is 20.3 Å². The largest absolute Gasteiger partial charge is 0.393 e. The fourth-order valence-corrected chi connectivity index (χ4v) is 3.03. The smallest absolute Gasteiger partial charge is 0.292 e. The molecule has 0 radical (unpaired) electrons. The predicted octanol–water partition coefficient (Wildman–Crippen LogP) is 1.84. The third-order valence-electron chi connectivity index (χ3n) is 3.17. The molecule has 1 unspecified atom stereocenters. The van der Waals surface area contributed by atoms with Gasteiger partial charge in [-0.25, -0.2) is 12.7 Å². The van der Waals surface area contributed by atoms with Crippen molar-refractivity contribution < 1.29 is 13.3 Å². The van der Waals surface area contributed by atoms with Crippen molar-refractivity contribution in [3.05, 3.63) is 28.3 Å². The summed E-state index contributed by atoms with van der Waals surface area (Å²) in [5, 5.41) is 10.7. The van der Waals surface area contributed by atoms with Crippen LogP contribution in [-0.2, 0) is 10.0 Å². The molecule has 1 aromatic carbocycles. The minimum absolute atomic E-state index is 0.0357. The first kappa shape index (κ1) is 16.4. The topological polar surface area (TPSA) is 107 Å². The van der Waals surface area contributed by atoms with E-state index in [0.717, 1.165) is 18.6 Å². The van der Waals surface area contributed by atoms with E-state index < -0.39 is 14.9 Å². The molecule has 0 amide bonds. The first-order chi connectivity index (χ1) is 9.20. The SMILES string of the molecule is CCC(C)CN(C)S(=O)(=O)c1ccc([N+](=O)[O-])c(N)c1. The lowest BCUT2D eigenvalue weighted by atomic mass is 10.1. The summed E-state index contributed by atoms with van der Waals surface area (Å²) in [6, 6.07) is 3.44. The molecule has 1 rings (SSSR count). The number of nitrogens with two attached hydrogens (primary N) is 1. The van der Waals surface area contributed by atoms with Crippen molar-refractivity contribution in [3.8, 4) is 0 Å². The molecule has 2 N–H and O–H groups in total. The van der Waals surface area contributed by atoms with Crippen molar-refractivity contribution in [1.82, 2.24) is 4.31 Å². The summed E-state index contributed by atoms with van der Waals surface area (Å²) in [6.07, 6.45) is 0.863. The second-order valence-corrected chi connectivity index (χ2v) is 6.82. The highest BCUT2D eigenvalue weighted by Gasteiger charge is 2.24. The van der Waals surface area contributed by atoms with Crippen LogP contribution < -0.4 is 5.73 Å². The minimum atomic E-state index is -3.68. The normalized spacial score (nSPS) is 13.4. The van der Waals surface area contributed by atoms with Crippen LogP contribution in [0, 0.1) is 16.0 Å². The Morgan fingerprint density at radius 3 is 2.50 bits per heavy atom. The molecule has 8 heteroatoms. The van der Waals surface area contributed by atoms with Crippen LogP contribution in [0.4, 0.5) is 11.4 Å². The van der Waals surface area contributed by atoms with Gasteiger partial charge in [0.15, 0.2) is 0 Å². The Morgan fingerprint density at radius 2 is 2.05 bits per heavy atom. The Kier molecular flexibility index (Phi) is 5.07. The zero-order valence-corrected chi connectivity index (χ0v) is 12.6. The number of benzene rings is 1. The first-order valence-corrected chi connectivity index (χ1v) is 7.64. The first-order valence-electron chi connectivity index (χ1n) is 6.20. The molecule has 0 spiro atoms. The van der Waals surface area contributed by atoms with Crippen molar-refractivity contribution >= 4 is 21.4 Å². The Bertz CT molecular complexity index is 601. The molecule has 0 aliphatic heterocycles. The molecular formula is C12H19N3O4S. The monoisotopic (exact) mass is 301 g/mol. The lowest BCUT2D eigenvalue weighted by Gasteiger charge is -2.20. The van der Waals surface area contributed by atoms with E-state index in [2.05, 4.69) is 0 Å². The van der Waals surface area contributed by atoms with Crippen molar-refractivity contribution in [2.75, 3.05) is 19.3 Å². The average molecular weight is 301 g/mol.